The molecular weight excluding hydrogens is 506 g/mol. The van der Waals surface area contributed by atoms with Crippen molar-refractivity contribution in [3.8, 4) is 17.4 Å². The number of nitrogens with one attached hydrogen (secondary N) is 1. The highest BCUT2D eigenvalue weighted by atomic mass is 35.5. The maximum atomic E-state index is 14.6. The van der Waals surface area contributed by atoms with Crippen LogP contribution in [0, 0.1) is 11.7 Å². The third kappa shape index (κ3) is 5.40. The van der Waals surface area contributed by atoms with Crippen LogP contribution in [0.5, 0.6) is 5.88 Å². The zero-order chi connectivity index (χ0) is 26.0. The standard InChI is InChI=1S/C22H20ClF4N7O2/c1-29-16(11-3-4-11)15(18(28)35-2)19-31-7-12(23)21(34-19)36-9-10-5-13(24)17(30-6-10)20-32-8-14(33-20)22(25,26)27/h5-8,11H,3-4,9,28H2,1-2H3,(H,32,33). The van der Waals surface area contributed by atoms with E-state index in [2.05, 4.69) is 24.9 Å². The molecule has 1 fully saturated rings. The molecule has 9 nitrogen and oxygen atoms in total. The summed E-state index contributed by atoms with van der Waals surface area (Å²) in [5.41, 5.74) is 5.98. The molecule has 3 aromatic heterocycles. The number of allylic oxidation sites excluding steroid dienone is 1. The summed E-state index contributed by atoms with van der Waals surface area (Å²) < 4.78 is 63.8. The number of H-pyrrole nitrogens is 1. The Hall–Kier alpha value is -3.74. The predicted molar refractivity (Wildman–Crippen MR) is 122 cm³/mol. The van der Waals surface area contributed by atoms with Crippen LogP contribution in [0.1, 0.15) is 29.9 Å². The molecular formula is C22H20ClF4N7O2. The number of halogens is 5. The van der Waals surface area contributed by atoms with Crippen LogP contribution in [0.2, 0.25) is 5.02 Å². The number of aliphatic imine (C=N–C) groups is 1. The average molecular weight is 526 g/mol. The topological polar surface area (TPSA) is 124 Å². The molecule has 0 amide bonds. The van der Waals surface area contributed by atoms with Crippen molar-refractivity contribution in [3.05, 3.63) is 58.5 Å². The first kappa shape index (κ1) is 25.4. The zero-order valence-electron chi connectivity index (χ0n) is 19.0. The van der Waals surface area contributed by atoms with Crippen molar-refractivity contribution in [2.75, 3.05) is 14.2 Å². The smallest absolute Gasteiger partial charge is 0.432 e. The largest absolute Gasteiger partial charge is 0.482 e. The number of hydrogen-bond donors (Lipinski definition) is 2. The van der Waals surface area contributed by atoms with Crippen LogP contribution in [-0.2, 0) is 17.5 Å². The van der Waals surface area contributed by atoms with E-state index in [4.69, 9.17) is 26.8 Å². The Balaban J connectivity index is 1.55. The Morgan fingerprint density at radius 3 is 2.56 bits per heavy atom. The molecule has 0 saturated heterocycles. The Kier molecular flexibility index (Phi) is 7.11. The lowest BCUT2D eigenvalue weighted by atomic mass is 10.1. The van der Waals surface area contributed by atoms with E-state index in [-0.39, 0.29) is 52.2 Å². The van der Waals surface area contributed by atoms with Gasteiger partial charge in [0.15, 0.2) is 23.3 Å². The van der Waals surface area contributed by atoms with Crippen LogP contribution in [-0.4, -0.2) is 44.8 Å². The van der Waals surface area contributed by atoms with Crippen LogP contribution in [0.15, 0.2) is 35.5 Å². The number of rotatable bonds is 8. The summed E-state index contributed by atoms with van der Waals surface area (Å²) in [5.74, 6) is -0.741. The summed E-state index contributed by atoms with van der Waals surface area (Å²) in [5, 5.41) is 0.0933. The maximum Gasteiger partial charge on any atom is 0.432 e. The minimum absolute atomic E-state index is 0.000317. The first-order chi connectivity index (χ1) is 17.1. The highest BCUT2D eigenvalue weighted by Gasteiger charge is 2.34. The Labute approximate surface area is 207 Å². The average Bonchev–Trinajstić information content (AvgIpc) is 3.55. The SMILES string of the molecule is CN=C(C(=C(N)OC)c1ncc(Cl)c(OCc2cnc(-c3ncc(C(F)(F)F)[nH]3)c(F)c2)n1)C1CC1. The van der Waals surface area contributed by atoms with Gasteiger partial charge >= 0.3 is 6.18 Å². The van der Waals surface area contributed by atoms with Crippen molar-refractivity contribution in [3.63, 3.8) is 0 Å². The van der Waals surface area contributed by atoms with E-state index in [0.29, 0.717) is 17.5 Å². The molecule has 1 saturated carbocycles. The molecule has 4 rings (SSSR count). The number of hydrogen-bond acceptors (Lipinski definition) is 8. The summed E-state index contributed by atoms with van der Waals surface area (Å²) >= 11 is 6.19. The van der Waals surface area contributed by atoms with Gasteiger partial charge in [0, 0.05) is 24.7 Å². The Bertz CT molecular complexity index is 1340. The van der Waals surface area contributed by atoms with E-state index >= 15 is 0 Å². The lowest BCUT2D eigenvalue weighted by molar-refractivity contribution is -0.140. The van der Waals surface area contributed by atoms with Crippen molar-refractivity contribution >= 4 is 22.9 Å². The summed E-state index contributed by atoms with van der Waals surface area (Å²) in [7, 11) is 3.06. The van der Waals surface area contributed by atoms with Gasteiger partial charge in [-0.3, -0.25) is 4.99 Å². The van der Waals surface area contributed by atoms with Gasteiger partial charge in [-0.15, -0.1) is 0 Å². The first-order valence-electron chi connectivity index (χ1n) is 10.6. The predicted octanol–water partition coefficient (Wildman–Crippen LogP) is 4.41. The number of aromatic amines is 1. The van der Waals surface area contributed by atoms with Crippen LogP contribution in [0.3, 0.4) is 0 Å². The number of alkyl halides is 3. The van der Waals surface area contributed by atoms with E-state index in [1.54, 1.807) is 7.05 Å². The fourth-order valence-electron chi connectivity index (χ4n) is 3.35. The molecule has 0 radical (unpaired) electrons. The minimum Gasteiger partial charge on any atom is -0.482 e. The van der Waals surface area contributed by atoms with E-state index in [0.717, 1.165) is 18.9 Å². The number of nitrogens with two attached hydrogens (primary N) is 1. The zero-order valence-corrected chi connectivity index (χ0v) is 19.8. The summed E-state index contributed by atoms with van der Waals surface area (Å²) in [6, 6.07) is 1.07. The van der Waals surface area contributed by atoms with E-state index < -0.39 is 17.7 Å². The molecule has 0 spiro atoms. The Morgan fingerprint density at radius 2 is 1.97 bits per heavy atom. The third-order valence-corrected chi connectivity index (χ3v) is 5.50. The van der Waals surface area contributed by atoms with Crippen LogP contribution < -0.4 is 10.5 Å². The normalized spacial score (nSPS) is 15.0. The highest BCUT2D eigenvalue weighted by molar-refractivity contribution is 6.31. The highest BCUT2D eigenvalue weighted by Crippen LogP contribution is 2.37. The molecule has 3 N–H and O–H groups in total. The number of pyridine rings is 1. The van der Waals surface area contributed by atoms with Gasteiger partial charge in [0.25, 0.3) is 0 Å². The molecule has 36 heavy (non-hydrogen) atoms. The van der Waals surface area contributed by atoms with E-state index in [1.807, 2.05) is 4.98 Å². The molecule has 3 heterocycles. The third-order valence-electron chi connectivity index (χ3n) is 5.24. The molecule has 0 bridgehead atoms. The lowest BCUT2D eigenvalue weighted by Gasteiger charge is -2.14. The van der Waals surface area contributed by atoms with Crippen molar-refractivity contribution in [2.24, 2.45) is 16.6 Å². The summed E-state index contributed by atoms with van der Waals surface area (Å²) in [6.45, 7) is -0.192. The van der Waals surface area contributed by atoms with Gasteiger partial charge in [0.2, 0.25) is 5.88 Å². The molecule has 0 unspecified atom stereocenters. The number of imidazole rings is 1. The lowest BCUT2D eigenvalue weighted by Crippen LogP contribution is -2.16. The minimum atomic E-state index is -4.64. The van der Waals surface area contributed by atoms with Crippen molar-refractivity contribution in [1.29, 1.82) is 0 Å². The molecule has 0 atom stereocenters. The van der Waals surface area contributed by atoms with Crippen LogP contribution in [0.4, 0.5) is 17.6 Å². The van der Waals surface area contributed by atoms with Gasteiger partial charge in [-0.05, 0) is 18.9 Å². The molecule has 1 aliphatic rings. The summed E-state index contributed by atoms with van der Waals surface area (Å²) in [6.07, 6.45) is 0.408. The fourth-order valence-corrected chi connectivity index (χ4v) is 3.50. The second-order valence-corrected chi connectivity index (χ2v) is 8.19. The number of ether oxygens (including phenoxy) is 2. The fraction of sp³-hybridized carbons (Fsp3) is 0.318. The van der Waals surface area contributed by atoms with Gasteiger partial charge in [-0.2, -0.15) is 18.2 Å². The number of methoxy groups -OCH3 is 1. The monoisotopic (exact) mass is 525 g/mol. The van der Waals surface area contributed by atoms with Gasteiger partial charge < -0.3 is 20.2 Å². The van der Waals surface area contributed by atoms with Crippen molar-refractivity contribution < 1.29 is 27.0 Å². The van der Waals surface area contributed by atoms with Gasteiger partial charge in [0.05, 0.1) is 25.2 Å². The molecule has 0 aliphatic heterocycles. The number of aromatic nitrogens is 5. The van der Waals surface area contributed by atoms with Crippen LogP contribution in [0.25, 0.3) is 17.1 Å². The van der Waals surface area contributed by atoms with Gasteiger partial charge in [-0.1, -0.05) is 11.6 Å². The quantitative estimate of drug-likeness (QED) is 0.253. The summed E-state index contributed by atoms with van der Waals surface area (Å²) in [4.78, 5) is 22.4. The Morgan fingerprint density at radius 1 is 1.22 bits per heavy atom. The molecule has 0 aromatic carbocycles. The molecule has 14 heteroatoms. The second-order valence-electron chi connectivity index (χ2n) is 7.78. The van der Waals surface area contributed by atoms with E-state index in [9.17, 15) is 17.6 Å². The van der Waals surface area contributed by atoms with Crippen molar-refractivity contribution in [2.45, 2.75) is 25.6 Å². The number of nitrogens with zero attached hydrogens (tertiary/aromatic N) is 5. The molecule has 1 aliphatic carbocycles. The van der Waals surface area contributed by atoms with Crippen molar-refractivity contribution in [1.82, 2.24) is 24.9 Å². The van der Waals surface area contributed by atoms with E-state index in [1.165, 1.54) is 19.5 Å². The maximum absolute atomic E-state index is 14.6. The molecule has 3 aromatic rings. The van der Waals surface area contributed by atoms with Gasteiger partial charge in [0.1, 0.15) is 28.6 Å². The molecule has 190 valence electrons. The van der Waals surface area contributed by atoms with Crippen LogP contribution >= 0.6 is 11.6 Å². The van der Waals surface area contributed by atoms with Gasteiger partial charge in [-0.25, -0.2) is 19.3 Å². The second kappa shape index (κ2) is 10.1. The first-order valence-corrected chi connectivity index (χ1v) is 10.9.